The molecule has 76 heavy (non-hydrogen) atoms. The fourth-order valence-electron chi connectivity index (χ4n) is 11.4. The number of benzene rings is 8. The number of rotatable bonds is 7. The van der Waals surface area contributed by atoms with Crippen LogP contribution in [0.15, 0.2) is 188 Å². The van der Waals surface area contributed by atoms with E-state index in [-0.39, 0.29) is 21.7 Å². The fourth-order valence-corrected chi connectivity index (χ4v) is 11.4. The SMILES string of the molecule is CC(C)(C)c1cc(N2CN(c3cccc(Oc4ccc5c6c(-n7c8ccccc8c8ccccc87)cccc6n(-c6cc(-c7ccc(C(C)(C)C)cc7C(C)(C)C)ccn6)c5c4)c3)c3ccccc32)cc(C(C)(C)C)c1. The van der Waals surface area contributed by atoms with Crippen LogP contribution in [0.2, 0.25) is 0 Å². The summed E-state index contributed by atoms with van der Waals surface area (Å²) < 4.78 is 11.8. The maximum Gasteiger partial charge on any atom is 0.138 e. The molecular weight excluding hydrogens is 927 g/mol. The minimum absolute atomic E-state index is 0.00223. The van der Waals surface area contributed by atoms with Crippen LogP contribution in [0.25, 0.3) is 66.2 Å². The van der Waals surface area contributed by atoms with Gasteiger partial charge >= 0.3 is 0 Å². The Kier molecular flexibility index (Phi) is 11.4. The molecule has 1 aliphatic rings. The van der Waals surface area contributed by atoms with E-state index in [4.69, 9.17) is 9.72 Å². The Bertz CT molecular complexity index is 3980. The molecule has 0 spiro atoms. The van der Waals surface area contributed by atoms with Crippen molar-refractivity contribution in [2.75, 3.05) is 16.5 Å². The minimum Gasteiger partial charge on any atom is -0.457 e. The van der Waals surface area contributed by atoms with Gasteiger partial charge in [-0.1, -0.05) is 168 Å². The Balaban J connectivity index is 0.990. The first kappa shape index (κ1) is 48.8. The van der Waals surface area contributed by atoms with E-state index in [1.54, 1.807) is 0 Å². The Morgan fingerprint density at radius 2 is 0.974 bits per heavy atom. The number of anilines is 4. The maximum absolute atomic E-state index is 7.00. The van der Waals surface area contributed by atoms with Gasteiger partial charge in [-0.15, -0.1) is 0 Å². The summed E-state index contributed by atoms with van der Waals surface area (Å²) in [5.74, 6) is 2.35. The van der Waals surface area contributed by atoms with E-state index < -0.39 is 0 Å². The zero-order valence-corrected chi connectivity index (χ0v) is 46.2. The molecule has 0 fully saturated rings. The molecule has 0 saturated heterocycles. The van der Waals surface area contributed by atoms with E-state index in [0.29, 0.717) is 6.67 Å². The second-order valence-corrected chi connectivity index (χ2v) is 25.1. The molecule has 0 aliphatic carbocycles. The number of fused-ring (bicyclic) bond motifs is 7. The zero-order chi connectivity index (χ0) is 53.1. The first-order chi connectivity index (χ1) is 36.2. The van der Waals surface area contributed by atoms with Crippen molar-refractivity contribution in [3.8, 4) is 34.1 Å². The highest BCUT2D eigenvalue weighted by molar-refractivity contribution is 6.16. The van der Waals surface area contributed by atoms with Crippen molar-refractivity contribution >= 4 is 66.4 Å². The Morgan fingerprint density at radius 3 is 1.62 bits per heavy atom. The lowest BCUT2D eigenvalue weighted by molar-refractivity contribution is 0.483. The molecule has 8 aromatic carbocycles. The van der Waals surface area contributed by atoms with Gasteiger partial charge in [0.25, 0.3) is 0 Å². The summed E-state index contributed by atoms with van der Waals surface area (Å²) in [5, 5.41) is 4.72. The highest BCUT2D eigenvalue weighted by Crippen LogP contribution is 2.48. The monoisotopic (exact) mass is 996 g/mol. The number of ether oxygens (including phenoxy) is 1. The van der Waals surface area contributed by atoms with Gasteiger partial charge < -0.3 is 19.1 Å². The van der Waals surface area contributed by atoms with Crippen LogP contribution < -0.4 is 14.5 Å². The Hall–Kier alpha value is -8.09. The second kappa shape index (κ2) is 17.8. The molecule has 0 unspecified atom stereocenters. The zero-order valence-electron chi connectivity index (χ0n) is 46.2. The quantitative estimate of drug-likeness (QED) is 0.159. The molecule has 12 rings (SSSR count). The van der Waals surface area contributed by atoms with Crippen LogP contribution in [-0.2, 0) is 21.7 Å². The summed E-state index contributed by atoms with van der Waals surface area (Å²) in [7, 11) is 0. The Labute approximate surface area is 448 Å². The van der Waals surface area contributed by atoms with E-state index in [9.17, 15) is 0 Å². The predicted octanol–water partition coefficient (Wildman–Crippen LogP) is 19.2. The highest BCUT2D eigenvalue weighted by Gasteiger charge is 2.31. The molecule has 0 saturated carbocycles. The first-order valence-electron chi connectivity index (χ1n) is 27.0. The third-order valence-electron chi connectivity index (χ3n) is 15.6. The maximum atomic E-state index is 7.00. The van der Waals surface area contributed by atoms with Crippen LogP contribution >= 0.6 is 0 Å². The standard InChI is InChI=1S/C70H69N5O/c1-67(2,3)46-31-33-53(57(41-46)70(10,11)12)45-35-36-71-65(37-45)75-63-30-20-29-62(74-58-25-15-13-23-54(58)55-24-14-16-26-59(55)74)66(63)56-34-32-52(43-64(56)75)76-51-22-19-21-49(42-51)72-44-73(61-28-18-17-27-60(61)72)50-39-47(68(4,5)6)38-48(40-50)69(7,8)9/h13-43H,44H2,1-12H3. The Morgan fingerprint density at radius 1 is 0.395 bits per heavy atom. The normalized spacial score (nSPS) is 13.4. The average molecular weight is 996 g/mol. The molecule has 0 radical (unpaired) electrons. The van der Waals surface area contributed by atoms with E-state index in [2.05, 4.69) is 284 Å². The molecule has 0 bridgehead atoms. The molecular formula is C70H69N5O. The molecule has 6 nitrogen and oxygen atoms in total. The van der Waals surface area contributed by atoms with Gasteiger partial charge in [0.05, 0.1) is 39.1 Å². The van der Waals surface area contributed by atoms with Crippen molar-refractivity contribution < 1.29 is 4.74 Å². The van der Waals surface area contributed by atoms with Gasteiger partial charge in [-0.3, -0.25) is 4.57 Å². The molecule has 0 atom stereocenters. The van der Waals surface area contributed by atoms with Crippen LogP contribution in [0.1, 0.15) is 105 Å². The third-order valence-corrected chi connectivity index (χ3v) is 15.6. The molecule has 0 amide bonds. The van der Waals surface area contributed by atoms with Crippen molar-refractivity contribution in [2.45, 2.75) is 105 Å². The molecule has 11 aromatic rings. The third kappa shape index (κ3) is 8.48. The lowest BCUT2D eigenvalue weighted by atomic mass is 9.77. The van der Waals surface area contributed by atoms with E-state index in [1.165, 1.54) is 61.0 Å². The average Bonchev–Trinajstić information content (AvgIpc) is 4.10. The smallest absolute Gasteiger partial charge is 0.138 e. The van der Waals surface area contributed by atoms with Crippen LogP contribution in [0.5, 0.6) is 11.5 Å². The van der Waals surface area contributed by atoms with Gasteiger partial charge in [0.15, 0.2) is 0 Å². The summed E-state index contributed by atoms with van der Waals surface area (Å²) in [5.41, 5.74) is 17.8. The minimum atomic E-state index is -0.0840. The summed E-state index contributed by atoms with van der Waals surface area (Å²) in [6, 6.07) is 66.7. The number of pyridine rings is 1. The summed E-state index contributed by atoms with van der Waals surface area (Å²) >= 11 is 0. The van der Waals surface area contributed by atoms with E-state index >= 15 is 0 Å². The van der Waals surface area contributed by atoms with Crippen LogP contribution in [0.4, 0.5) is 22.7 Å². The molecule has 1 aliphatic heterocycles. The number of aromatic nitrogens is 3. The number of para-hydroxylation sites is 4. The summed E-state index contributed by atoms with van der Waals surface area (Å²) in [6.45, 7) is 28.3. The molecule has 380 valence electrons. The van der Waals surface area contributed by atoms with Gasteiger partial charge in [-0.2, -0.15) is 0 Å². The van der Waals surface area contributed by atoms with Gasteiger partial charge in [-0.25, -0.2) is 4.98 Å². The lowest BCUT2D eigenvalue weighted by Crippen LogP contribution is -2.25. The molecule has 0 N–H and O–H groups in total. The fraction of sp³-hybridized carbons (Fsp3) is 0.243. The molecule has 3 aromatic heterocycles. The predicted molar refractivity (Wildman–Crippen MR) is 322 cm³/mol. The van der Waals surface area contributed by atoms with Crippen molar-refractivity contribution in [1.82, 2.24) is 14.1 Å². The van der Waals surface area contributed by atoms with Gasteiger partial charge in [0.2, 0.25) is 0 Å². The van der Waals surface area contributed by atoms with Gasteiger partial charge in [0, 0.05) is 51.2 Å². The summed E-state index contributed by atoms with van der Waals surface area (Å²) in [6.07, 6.45) is 1.97. The number of hydrogen-bond donors (Lipinski definition) is 0. The van der Waals surface area contributed by atoms with Crippen LogP contribution in [-0.4, -0.2) is 20.8 Å². The number of nitrogens with zero attached hydrogens (tertiary/aromatic N) is 5. The van der Waals surface area contributed by atoms with Crippen molar-refractivity contribution in [2.24, 2.45) is 0 Å². The number of hydrogen-bond acceptors (Lipinski definition) is 4. The van der Waals surface area contributed by atoms with Crippen molar-refractivity contribution in [3.63, 3.8) is 0 Å². The molecule has 6 heteroatoms. The van der Waals surface area contributed by atoms with Crippen LogP contribution in [0.3, 0.4) is 0 Å². The second-order valence-electron chi connectivity index (χ2n) is 25.1. The van der Waals surface area contributed by atoms with E-state index in [0.717, 1.165) is 61.7 Å². The summed E-state index contributed by atoms with van der Waals surface area (Å²) in [4.78, 5) is 10.1. The van der Waals surface area contributed by atoms with Crippen molar-refractivity contribution in [3.05, 3.63) is 210 Å². The highest BCUT2D eigenvalue weighted by atomic mass is 16.5. The first-order valence-corrected chi connectivity index (χ1v) is 27.0. The van der Waals surface area contributed by atoms with Gasteiger partial charge in [-0.05, 0) is 140 Å². The van der Waals surface area contributed by atoms with Crippen molar-refractivity contribution in [1.29, 1.82) is 0 Å². The molecule has 4 heterocycles. The van der Waals surface area contributed by atoms with Gasteiger partial charge in [0.1, 0.15) is 24.0 Å². The lowest BCUT2D eigenvalue weighted by Gasteiger charge is -2.29. The topological polar surface area (TPSA) is 38.5 Å². The largest absolute Gasteiger partial charge is 0.457 e. The van der Waals surface area contributed by atoms with E-state index in [1.807, 2.05) is 6.20 Å². The van der Waals surface area contributed by atoms with Crippen LogP contribution in [0, 0.1) is 0 Å².